The predicted molar refractivity (Wildman–Crippen MR) is 133 cm³/mol. The highest BCUT2D eigenvalue weighted by molar-refractivity contribution is 8.00. The van der Waals surface area contributed by atoms with E-state index in [9.17, 15) is 9.90 Å². The number of nitrogens with zero attached hydrogens (tertiary/aromatic N) is 4. The standard InChI is InChI=1S/C24H28N6O4S/c1-33-22-5-3-18-23(29-22)17(6-7-26-18)19(31)13-30-8-9-34-16(12-30)11-25-10-15-2-4-20-24(27-15)28-21(32)14-35-20/h2-7,16,19,25,31H,8-14H2,1H3,(H,27,28,32)/t16-,19-/m0/s1. The van der Waals surface area contributed by atoms with Crippen LogP contribution < -0.4 is 15.4 Å². The highest BCUT2D eigenvalue weighted by Crippen LogP contribution is 2.29. The van der Waals surface area contributed by atoms with Gasteiger partial charge < -0.3 is 25.2 Å². The first-order chi connectivity index (χ1) is 17.1. The van der Waals surface area contributed by atoms with Crippen LogP contribution in [0.4, 0.5) is 5.82 Å². The van der Waals surface area contributed by atoms with Crippen molar-refractivity contribution in [2.24, 2.45) is 0 Å². The van der Waals surface area contributed by atoms with E-state index in [1.54, 1.807) is 19.4 Å². The number of hydrogen-bond donors (Lipinski definition) is 3. The summed E-state index contributed by atoms with van der Waals surface area (Å²) in [4.78, 5) is 28.2. The van der Waals surface area contributed by atoms with Crippen LogP contribution in [0.15, 0.2) is 41.4 Å². The molecule has 1 fully saturated rings. The molecule has 0 saturated carbocycles. The monoisotopic (exact) mass is 496 g/mol. The Morgan fingerprint density at radius 3 is 3.11 bits per heavy atom. The van der Waals surface area contributed by atoms with Crippen molar-refractivity contribution in [3.63, 3.8) is 0 Å². The van der Waals surface area contributed by atoms with Gasteiger partial charge in [0.1, 0.15) is 5.82 Å². The molecule has 2 aliphatic heterocycles. The van der Waals surface area contributed by atoms with Crippen LogP contribution in [0.3, 0.4) is 0 Å². The summed E-state index contributed by atoms with van der Waals surface area (Å²) < 4.78 is 11.2. The molecule has 1 saturated heterocycles. The second kappa shape index (κ2) is 10.8. The Hall–Kier alpha value is -2.83. The van der Waals surface area contributed by atoms with Gasteiger partial charge in [0.25, 0.3) is 0 Å². The minimum absolute atomic E-state index is 0.00348. The third-order valence-electron chi connectivity index (χ3n) is 6.02. The minimum atomic E-state index is -0.709. The number of carbonyl (C=O) groups is 1. The van der Waals surface area contributed by atoms with E-state index >= 15 is 0 Å². The van der Waals surface area contributed by atoms with Crippen molar-refractivity contribution in [2.45, 2.75) is 23.6 Å². The molecule has 0 aliphatic carbocycles. The van der Waals surface area contributed by atoms with Gasteiger partial charge in [-0.25, -0.2) is 9.97 Å². The number of fused-ring (bicyclic) bond motifs is 2. The Labute approximate surface area is 207 Å². The van der Waals surface area contributed by atoms with Gasteiger partial charge in [-0.3, -0.25) is 14.7 Å². The largest absolute Gasteiger partial charge is 0.481 e. The van der Waals surface area contributed by atoms with Crippen LogP contribution >= 0.6 is 11.8 Å². The summed E-state index contributed by atoms with van der Waals surface area (Å²) in [6.07, 6.45) is 0.982. The topological polar surface area (TPSA) is 122 Å². The number of morpholine rings is 1. The maximum Gasteiger partial charge on any atom is 0.235 e. The molecule has 3 aromatic rings. The first-order valence-corrected chi connectivity index (χ1v) is 12.5. The molecular formula is C24H28N6O4S. The molecule has 2 atom stereocenters. The zero-order valence-corrected chi connectivity index (χ0v) is 20.3. The van der Waals surface area contributed by atoms with Gasteiger partial charge in [-0.05, 0) is 24.3 Å². The van der Waals surface area contributed by atoms with E-state index in [0.717, 1.165) is 28.2 Å². The van der Waals surface area contributed by atoms with Crippen molar-refractivity contribution in [1.82, 2.24) is 25.2 Å². The molecule has 10 nitrogen and oxygen atoms in total. The predicted octanol–water partition coefficient (Wildman–Crippen LogP) is 1.60. The number of methoxy groups -OCH3 is 1. The van der Waals surface area contributed by atoms with Crippen LogP contribution in [0, 0.1) is 0 Å². The number of carbonyl (C=O) groups excluding carboxylic acids is 1. The van der Waals surface area contributed by atoms with E-state index in [2.05, 4.69) is 30.5 Å². The van der Waals surface area contributed by atoms with E-state index in [1.807, 2.05) is 24.3 Å². The SMILES string of the molecule is COc1ccc2nccc([C@@H](O)CN3CCO[C@@H](CNCc4ccc5c(n4)NC(=O)CS5)C3)c2n1. The molecule has 5 heterocycles. The van der Waals surface area contributed by atoms with Gasteiger partial charge in [-0.2, -0.15) is 0 Å². The van der Waals surface area contributed by atoms with Gasteiger partial charge in [0.05, 0.1) is 53.3 Å². The quantitative estimate of drug-likeness (QED) is 0.424. The van der Waals surface area contributed by atoms with Gasteiger partial charge >= 0.3 is 0 Å². The maximum absolute atomic E-state index is 11.6. The third-order valence-corrected chi connectivity index (χ3v) is 7.07. The Balaban J connectivity index is 1.15. The summed E-state index contributed by atoms with van der Waals surface area (Å²) in [5.41, 5.74) is 2.97. The molecule has 35 heavy (non-hydrogen) atoms. The summed E-state index contributed by atoms with van der Waals surface area (Å²) in [6.45, 7) is 3.76. The molecule has 2 aliphatic rings. The lowest BCUT2D eigenvalue weighted by Crippen LogP contribution is -2.47. The second-order valence-electron chi connectivity index (χ2n) is 8.51. The van der Waals surface area contributed by atoms with Crippen molar-refractivity contribution in [2.75, 3.05) is 51.0 Å². The third kappa shape index (κ3) is 5.71. The number of anilines is 1. The number of thioether (sulfide) groups is 1. The fourth-order valence-corrected chi connectivity index (χ4v) is 5.04. The second-order valence-corrected chi connectivity index (χ2v) is 9.52. The first-order valence-electron chi connectivity index (χ1n) is 11.5. The van der Waals surface area contributed by atoms with Crippen LogP contribution in [0.2, 0.25) is 0 Å². The molecule has 5 rings (SSSR count). The Bertz CT molecular complexity index is 1210. The highest BCUT2D eigenvalue weighted by Gasteiger charge is 2.24. The van der Waals surface area contributed by atoms with Crippen molar-refractivity contribution in [1.29, 1.82) is 0 Å². The van der Waals surface area contributed by atoms with E-state index in [1.165, 1.54) is 11.8 Å². The van der Waals surface area contributed by atoms with Gasteiger partial charge in [-0.15, -0.1) is 11.8 Å². The Kier molecular flexibility index (Phi) is 7.40. The normalized spacial score (nSPS) is 19.3. The lowest BCUT2D eigenvalue weighted by molar-refractivity contribution is -0.113. The number of β-amino-alcohol motifs (C(OH)–C–C–N with tert-alkyl or cyclic N) is 1. The number of ether oxygens (including phenoxy) is 2. The smallest absolute Gasteiger partial charge is 0.235 e. The highest BCUT2D eigenvalue weighted by atomic mass is 32.2. The number of aliphatic hydroxyl groups is 1. The molecule has 0 aromatic carbocycles. The van der Waals surface area contributed by atoms with Crippen molar-refractivity contribution >= 4 is 34.5 Å². The lowest BCUT2D eigenvalue weighted by Gasteiger charge is -2.34. The average molecular weight is 497 g/mol. The number of rotatable bonds is 8. The molecule has 3 aromatic heterocycles. The van der Waals surface area contributed by atoms with Crippen LogP contribution in [-0.4, -0.2) is 82.6 Å². The van der Waals surface area contributed by atoms with Gasteiger partial charge in [0.15, 0.2) is 0 Å². The van der Waals surface area contributed by atoms with Crippen molar-refractivity contribution in [3.8, 4) is 5.88 Å². The van der Waals surface area contributed by atoms with Crippen LogP contribution in [-0.2, 0) is 16.1 Å². The fraction of sp³-hybridized carbons (Fsp3) is 0.417. The van der Waals surface area contributed by atoms with E-state index in [0.29, 0.717) is 55.8 Å². The van der Waals surface area contributed by atoms with E-state index in [-0.39, 0.29) is 12.0 Å². The summed E-state index contributed by atoms with van der Waals surface area (Å²) in [7, 11) is 1.57. The molecule has 0 bridgehead atoms. The number of hydrogen-bond acceptors (Lipinski definition) is 10. The first kappa shape index (κ1) is 23.9. The maximum atomic E-state index is 11.6. The summed E-state index contributed by atoms with van der Waals surface area (Å²) in [5.74, 6) is 1.53. The molecule has 184 valence electrons. The van der Waals surface area contributed by atoms with Gasteiger partial charge in [0.2, 0.25) is 11.8 Å². The summed E-state index contributed by atoms with van der Waals surface area (Å²) in [5, 5.41) is 17.2. The number of pyridine rings is 3. The number of aliphatic hydroxyl groups excluding tert-OH is 1. The lowest BCUT2D eigenvalue weighted by atomic mass is 10.1. The molecule has 0 unspecified atom stereocenters. The molecule has 0 radical (unpaired) electrons. The van der Waals surface area contributed by atoms with Crippen molar-refractivity contribution in [3.05, 3.63) is 47.8 Å². The van der Waals surface area contributed by atoms with Crippen LogP contribution in [0.1, 0.15) is 17.4 Å². The fourth-order valence-electron chi connectivity index (χ4n) is 4.29. The molecule has 11 heteroatoms. The average Bonchev–Trinajstić information content (AvgIpc) is 2.88. The number of aromatic nitrogens is 3. The minimum Gasteiger partial charge on any atom is -0.481 e. The van der Waals surface area contributed by atoms with Crippen molar-refractivity contribution < 1.29 is 19.4 Å². The zero-order chi connectivity index (χ0) is 24.2. The van der Waals surface area contributed by atoms with E-state index < -0.39 is 6.10 Å². The van der Waals surface area contributed by atoms with Crippen LogP contribution in [0.5, 0.6) is 5.88 Å². The molecule has 1 amide bonds. The van der Waals surface area contributed by atoms with E-state index in [4.69, 9.17) is 9.47 Å². The summed E-state index contributed by atoms with van der Waals surface area (Å²) >= 11 is 1.50. The molecular weight excluding hydrogens is 468 g/mol. The molecule has 0 spiro atoms. The van der Waals surface area contributed by atoms with Gasteiger partial charge in [-0.1, -0.05) is 0 Å². The number of amides is 1. The Morgan fingerprint density at radius 2 is 2.23 bits per heavy atom. The molecule has 3 N–H and O–H groups in total. The Morgan fingerprint density at radius 1 is 1.31 bits per heavy atom. The summed E-state index contributed by atoms with van der Waals surface area (Å²) in [6, 6.07) is 9.39. The van der Waals surface area contributed by atoms with Crippen LogP contribution in [0.25, 0.3) is 11.0 Å². The zero-order valence-electron chi connectivity index (χ0n) is 19.4. The number of nitrogens with one attached hydrogen (secondary N) is 2. The van der Waals surface area contributed by atoms with Gasteiger partial charge in [0, 0.05) is 50.6 Å².